The average Bonchev–Trinajstić information content (AvgIpc) is 3.00. The van der Waals surface area contributed by atoms with Gasteiger partial charge in [0.25, 0.3) is 0 Å². The van der Waals surface area contributed by atoms with Gasteiger partial charge in [0.15, 0.2) is 5.82 Å². The Balaban J connectivity index is 1.85. The molecule has 21 heavy (non-hydrogen) atoms. The lowest BCUT2D eigenvalue weighted by Gasteiger charge is -2.31. The highest BCUT2D eigenvalue weighted by Crippen LogP contribution is 2.27. The molecule has 1 aliphatic heterocycles. The molecule has 0 bridgehead atoms. The minimum Gasteiger partial charge on any atom is -0.339 e. The van der Waals surface area contributed by atoms with E-state index in [1.807, 2.05) is 0 Å². The molecule has 0 radical (unpaired) electrons. The number of hydrogen-bond acceptors (Lipinski definition) is 4. The molecule has 1 saturated heterocycles. The van der Waals surface area contributed by atoms with E-state index in [-0.39, 0.29) is 0 Å². The smallest absolute Gasteiger partial charge is 0.245 e. The van der Waals surface area contributed by atoms with Crippen LogP contribution in [0.1, 0.15) is 18.4 Å². The topological polar surface area (TPSA) is 70.8 Å². The molecule has 1 fully saturated rings. The van der Waals surface area contributed by atoms with E-state index in [2.05, 4.69) is 67.8 Å². The van der Waals surface area contributed by atoms with Crippen LogP contribution in [0.5, 0.6) is 0 Å². The van der Waals surface area contributed by atoms with Crippen molar-refractivity contribution in [2.75, 3.05) is 24.5 Å². The first-order chi connectivity index (χ1) is 10.2. The minimum atomic E-state index is 0.555. The molecule has 0 aliphatic carbocycles. The van der Waals surface area contributed by atoms with Crippen LogP contribution in [-0.4, -0.2) is 34.8 Å². The molecule has 6 heteroatoms. The van der Waals surface area contributed by atoms with Gasteiger partial charge in [-0.25, -0.2) is 0 Å². The monoisotopic (exact) mass is 397 g/mol. The maximum Gasteiger partial charge on any atom is 0.245 e. The van der Waals surface area contributed by atoms with Crippen LogP contribution in [0.4, 0.5) is 5.95 Å². The number of benzene rings is 1. The Morgan fingerprint density at radius 1 is 1.48 bits per heavy atom. The van der Waals surface area contributed by atoms with E-state index in [9.17, 15) is 0 Å². The van der Waals surface area contributed by atoms with Crippen molar-refractivity contribution < 1.29 is 0 Å². The molecule has 112 valence electrons. The highest BCUT2D eigenvalue weighted by atomic mass is 127. The number of anilines is 1. The van der Waals surface area contributed by atoms with Gasteiger partial charge in [0.2, 0.25) is 5.95 Å². The third kappa shape index (κ3) is 3.06. The van der Waals surface area contributed by atoms with Crippen LogP contribution >= 0.6 is 22.6 Å². The fourth-order valence-corrected chi connectivity index (χ4v) is 3.40. The Bertz CT molecular complexity index is 624. The number of rotatable bonds is 3. The van der Waals surface area contributed by atoms with Crippen molar-refractivity contribution in [3.05, 3.63) is 27.3 Å². The molecule has 1 atom stereocenters. The maximum atomic E-state index is 5.80. The van der Waals surface area contributed by atoms with Gasteiger partial charge >= 0.3 is 0 Å². The molecule has 3 N–H and O–H groups in total. The Labute approximate surface area is 138 Å². The Hall–Kier alpha value is -1.15. The van der Waals surface area contributed by atoms with Gasteiger partial charge in [-0.3, -0.25) is 5.10 Å². The molecule has 0 spiro atoms. The van der Waals surface area contributed by atoms with Crippen molar-refractivity contribution in [2.45, 2.75) is 19.8 Å². The maximum absolute atomic E-state index is 5.80. The van der Waals surface area contributed by atoms with Crippen molar-refractivity contribution >= 4 is 28.5 Å². The van der Waals surface area contributed by atoms with E-state index in [1.54, 1.807) is 0 Å². The number of halogens is 1. The molecule has 2 aromatic rings. The van der Waals surface area contributed by atoms with Crippen LogP contribution < -0.4 is 10.6 Å². The summed E-state index contributed by atoms with van der Waals surface area (Å²) in [7, 11) is 0. The van der Waals surface area contributed by atoms with Crippen molar-refractivity contribution in [1.29, 1.82) is 0 Å². The Morgan fingerprint density at radius 3 is 3.14 bits per heavy atom. The van der Waals surface area contributed by atoms with Crippen molar-refractivity contribution in [3.8, 4) is 11.4 Å². The summed E-state index contributed by atoms with van der Waals surface area (Å²) in [6.45, 7) is 4.82. The SMILES string of the molecule is Cc1cccc(-c2nc(N3CCCC(CN)C3)n[nH]2)c1I. The van der Waals surface area contributed by atoms with E-state index >= 15 is 0 Å². The summed E-state index contributed by atoms with van der Waals surface area (Å²) in [5.41, 5.74) is 8.17. The van der Waals surface area contributed by atoms with Crippen LogP contribution in [0.25, 0.3) is 11.4 Å². The van der Waals surface area contributed by atoms with Gasteiger partial charge in [-0.1, -0.05) is 18.2 Å². The van der Waals surface area contributed by atoms with Crippen molar-refractivity contribution in [1.82, 2.24) is 15.2 Å². The first-order valence-electron chi connectivity index (χ1n) is 7.32. The summed E-state index contributed by atoms with van der Waals surface area (Å²) in [4.78, 5) is 6.93. The molecule has 0 amide bonds. The summed E-state index contributed by atoms with van der Waals surface area (Å²) in [6, 6.07) is 6.25. The molecule has 1 aliphatic rings. The number of aromatic amines is 1. The first kappa shape index (κ1) is 14.8. The van der Waals surface area contributed by atoms with Gasteiger partial charge in [-0.15, -0.1) is 5.10 Å². The number of piperidine rings is 1. The molecule has 1 unspecified atom stereocenters. The van der Waals surface area contributed by atoms with Crippen LogP contribution in [0, 0.1) is 16.4 Å². The lowest BCUT2D eigenvalue weighted by atomic mass is 9.99. The zero-order valence-electron chi connectivity index (χ0n) is 12.1. The normalized spacial score (nSPS) is 19.0. The summed E-state index contributed by atoms with van der Waals surface area (Å²) in [5, 5.41) is 7.48. The third-order valence-electron chi connectivity index (χ3n) is 4.06. The van der Waals surface area contributed by atoms with Gasteiger partial charge in [0, 0.05) is 22.2 Å². The number of nitrogens with two attached hydrogens (primary N) is 1. The van der Waals surface area contributed by atoms with Crippen LogP contribution in [0.3, 0.4) is 0 Å². The van der Waals surface area contributed by atoms with E-state index in [1.165, 1.54) is 15.6 Å². The molecule has 1 aromatic heterocycles. The highest BCUT2D eigenvalue weighted by molar-refractivity contribution is 14.1. The molecular formula is C15H20IN5. The van der Waals surface area contributed by atoms with Crippen LogP contribution in [0.2, 0.25) is 0 Å². The molecule has 5 nitrogen and oxygen atoms in total. The summed E-state index contributed by atoms with van der Waals surface area (Å²) in [5.74, 6) is 2.19. The predicted molar refractivity (Wildman–Crippen MR) is 93.3 cm³/mol. The standard InChI is InChI=1S/C15H20IN5/c1-10-4-2-6-12(13(10)16)14-18-15(20-19-14)21-7-3-5-11(8-17)9-21/h2,4,6,11H,3,5,7-9,17H2,1H3,(H,18,19,20). The van der Waals surface area contributed by atoms with Crippen molar-refractivity contribution in [2.24, 2.45) is 11.7 Å². The molecule has 1 aromatic carbocycles. The van der Waals surface area contributed by atoms with Crippen LogP contribution in [0.15, 0.2) is 18.2 Å². The van der Waals surface area contributed by atoms with Gasteiger partial charge in [-0.2, -0.15) is 4.98 Å². The molecule has 3 rings (SSSR count). The fraction of sp³-hybridized carbons (Fsp3) is 0.467. The number of hydrogen-bond donors (Lipinski definition) is 2. The van der Waals surface area contributed by atoms with E-state index < -0.39 is 0 Å². The second-order valence-corrected chi connectivity index (χ2v) is 6.69. The highest BCUT2D eigenvalue weighted by Gasteiger charge is 2.22. The Morgan fingerprint density at radius 2 is 2.33 bits per heavy atom. The minimum absolute atomic E-state index is 0.555. The largest absolute Gasteiger partial charge is 0.339 e. The molecule has 0 saturated carbocycles. The summed E-state index contributed by atoms with van der Waals surface area (Å²) >= 11 is 2.36. The zero-order chi connectivity index (χ0) is 14.8. The Kier molecular flexibility index (Phi) is 4.44. The summed E-state index contributed by atoms with van der Waals surface area (Å²) < 4.78 is 1.22. The van der Waals surface area contributed by atoms with E-state index in [4.69, 9.17) is 5.73 Å². The number of aryl methyl sites for hydroxylation is 1. The number of aromatic nitrogens is 3. The van der Waals surface area contributed by atoms with Gasteiger partial charge in [0.05, 0.1) is 0 Å². The van der Waals surface area contributed by atoms with E-state index in [0.29, 0.717) is 5.92 Å². The predicted octanol–water partition coefficient (Wildman–Crippen LogP) is 2.56. The van der Waals surface area contributed by atoms with Gasteiger partial charge in [-0.05, 0) is 60.4 Å². The number of nitrogens with one attached hydrogen (secondary N) is 1. The lowest BCUT2D eigenvalue weighted by molar-refractivity contribution is 0.420. The summed E-state index contributed by atoms with van der Waals surface area (Å²) in [6.07, 6.45) is 2.37. The van der Waals surface area contributed by atoms with Crippen LogP contribution in [-0.2, 0) is 0 Å². The van der Waals surface area contributed by atoms with E-state index in [0.717, 1.165) is 43.4 Å². The van der Waals surface area contributed by atoms with Crippen molar-refractivity contribution in [3.63, 3.8) is 0 Å². The molecule has 2 heterocycles. The third-order valence-corrected chi connectivity index (χ3v) is 5.49. The number of H-pyrrole nitrogens is 1. The van der Waals surface area contributed by atoms with Gasteiger partial charge < -0.3 is 10.6 Å². The lowest BCUT2D eigenvalue weighted by Crippen LogP contribution is -2.38. The first-order valence-corrected chi connectivity index (χ1v) is 8.40. The second kappa shape index (κ2) is 6.31. The quantitative estimate of drug-likeness (QED) is 0.782. The van der Waals surface area contributed by atoms with Gasteiger partial charge in [0.1, 0.15) is 0 Å². The zero-order valence-corrected chi connectivity index (χ0v) is 14.3. The second-order valence-electron chi connectivity index (χ2n) is 5.61. The molecular weight excluding hydrogens is 377 g/mol. The average molecular weight is 397 g/mol. The number of nitrogens with zero attached hydrogens (tertiary/aromatic N) is 3. The fourth-order valence-electron chi connectivity index (χ4n) is 2.78.